The quantitative estimate of drug-likeness (QED) is 0.829. The minimum absolute atomic E-state index is 0.105. The normalized spacial score (nSPS) is 15.2. The Morgan fingerprint density at radius 3 is 2.84 bits per heavy atom. The van der Waals surface area contributed by atoms with Crippen LogP contribution >= 0.6 is 0 Å². The third-order valence-corrected chi connectivity index (χ3v) is 3.19. The van der Waals surface area contributed by atoms with Crippen LogP contribution in [0.2, 0.25) is 0 Å². The maximum atomic E-state index is 13.5. The molecule has 0 radical (unpaired) electrons. The van der Waals surface area contributed by atoms with Crippen molar-refractivity contribution in [3.63, 3.8) is 0 Å². The lowest BCUT2D eigenvalue weighted by Crippen LogP contribution is -2.36. The summed E-state index contributed by atoms with van der Waals surface area (Å²) in [5.74, 6) is -1.09. The number of amides is 1. The van der Waals surface area contributed by atoms with Crippen molar-refractivity contribution >= 4 is 12.2 Å². The Hall–Kier alpha value is -1.91. The van der Waals surface area contributed by atoms with Crippen molar-refractivity contribution in [1.29, 1.82) is 0 Å². The van der Waals surface area contributed by atoms with E-state index in [1.807, 2.05) is 0 Å². The largest absolute Gasteiger partial charge is 0.480 e. The summed E-state index contributed by atoms with van der Waals surface area (Å²) in [5, 5.41) is 2.83. The number of ether oxygens (including phenoxy) is 1. The molecule has 0 atom stereocenters. The summed E-state index contributed by atoms with van der Waals surface area (Å²) >= 11 is 0. The highest BCUT2D eigenvalue weighted by Gasteiger charge is 2.18. The monoisotopic (exact) mass is 265 g/mol. The van der Waals surface area contributed by atoms with E-state index in [1.165, 1.54) is 18.2 Å². The van der Waals surface area contributed by atoms with Crippen LogP contribution in [0.25, 0.3) is 0 Å². The topological polar surface area (TPSA) is 55.4 Å². The fraction of sp³-hybridized carbons (Fsp3) is 0.429. The highest BCUT2D eigenvalue weighted by Crippen LogP contribution is 2.21. The van der Waals surface area contributed by atoms with Crippen LogP contribution in [0.1, 0.15) is 36.0 Å². The molecule has 2 rings (SSSR count). The number of rotatable bonds is 5. The predicted molar refractivity (Wildman–Crippen MR) is 67.7 cm³/mol. The molecule has 1 amide bonds. The fourth-order valence-corrected chi connectivity index (χ4v) is 2.25. The van der Waals surface area contributed by atoms with E-state index < -0.39 is 5.82 Å². The van der Waals surface area contributed by atoms with Crippen LogP contribution in [0.15, 0.2) is 18.2 Å². The molecule has 19 heavy (non-hydrogen) atoms. The van der Waals surface area contributed by atoms with E-state index in [0.717, 1.165) is 25.7 Å². The Morgan fingerprint density at radius 2 is 2.16 bits per heavy atom. The van der Waals surface area contributed by atoms with E-state index in [1.54, 1.807) is 0 Å². The molecule has 0 aromatic heterocycles. The summed E-state index contributed by atoms with van der Waals surface area (Å²) in [6.45, 7) is -0.279. The molecule has 1 aliphatic rings. The van der Waals surface area contributed by atoms with E-state index in [0.29, 0.717) is 6.29 Å². The van der Waals surface area contributed by atoms with Gasteiger partial charge in [0.25, 0.3) is 5.91 Å². The second-order valence-electron chi connectivity index (χ2n) is 4.61. The second-order valence-corrected chi connectivity index (χ2v) is 4.61. The molecule has 5 heteroatoms. The fourth-order valence-electron chi connectivity index (χ4n) is 2.25. The molecule has 0 aliphatic heterocycles. The van der Waals surface area contributed by atoms with Crippen molar-refractivity contribution in [2.45, 2.75) is 31.7 Å². The van der Waals surface area contributed by atoms with E-state index in [2.05, 4.69) is 5.32 Å². The number of carbonyl (C=O) groups excluding carboxylic acids is 2. The van der Waals surface area contributed by atoms with Gasteiger partial charge in [0.2, 0.25) is 0 Å². The van der Waals surface area contributed by atoms with Crippen molar-refractivity contribution in [2.24, 2.45) is 0 Å². The van der Waals surface area contributed by atoms with Gasteiger partial charge >= 0.3 is 0 Å². The summed E-state index contributed by atoms with van der Waals surface area (Å²) in [6.07, 6.45) is 4.70. The molecule has 4 nitrogen and oxygen atoms in total. The number of hydrogen-bond donors (Lipinski definition) is 1. The lowest BCUT2D eigenvalue weighted by atomic mass is 10.2. The van der Waals surface area contributed by atoms with Gasteiger partial charge in [-0.3, -0.25) is 9.59 Å². The van der Waals surface area contributed by atoms with Gasteiger partial charge in [0.05, 0.1) is 5.56 Å². The Bertz CT molecular complexity index is 470. The van der Waals surface area contributed by atoms with E-state index in [-0.39, 0.29) is 29.9 Å². The van der Waals surface area contributed by atoms with Gasteiger partial charge in [-0.25, -0.2) is 4.39 Å². The molecule has 1 aromatic rings. The zero-order valence-corrected chi connectivity index (χ0v) is 10.5. The summed E-state index contributed by atoms with van der Waals surface area (Å²) in [7, 11) is 0. The first kappa shape index (κ1) is 13.5. The van der Waals surface area contributed by atoms with Crippen LogP contribution in [0.4, 0.5) is 4.39 Å². The molecule has 0 heterocycles. The first-order valence-electron chi connectivity index (χ1n) is 6.36. The van der Waals surface area contributed by atoms with Crippen LogP contribution in [0, 0.1) is 5.82 Å². The summed E-state index contributed by atoms with van der Waals surface area (Å²) in [5.41, 5.74) is 0.105. The van der Waals surface area contributed by atoms with Crippen LogP contribution in [0.3, 0.4) is 0 Å². The van der Waals surface area contributed by atoms with Gasteiger partial charge in [-0.15, -0.1) is 0 Å². The third-order valence-electron chi connectivity index (χ3n) is 3.19. The number of aldehydes is 1. The molecule has 1 saturated carbocycles. The van der Waals surface area contributed by atoms with Crippen LogP contribution in [-0.4, -0.2) is 24.8 Å². The first-order valence-corrected chi connectivity index (χ1v) is 6.36. The summed E-state index contributed by atoms with van der Waals surface area (Å²) in [4.78, 5) is 22.4. The molecule has 0 saturated heterocycles. The molecule has 1 N–H and O–H groups in total. The van der Waals surface area contributed by atoms with Crippen molar-refractivity contribution in [3.8, 4) is 5.75 Å². The van der Waals surface area contributed by atoms with Crippen LogP contribution in [0.5, 0.6) is 5.75 Å². The zero-order chi connectivity index (χ0) is 13.7. The second kappa shape index (κ2) is 6.31. The van der Waals surface area contributed by atoms with Gasteiger partial charge in [-0.2, -0.15) is 0 Å². The van der Waals surface area contributed by atoms with Gasteiger partial charge in [0.1, 0.15) is 0 Å². The average Bonchev–Trinajstić information content (AvgIpc) is 2.89. The molecule has 1 aromatic carbocycles. The molecule has 0 unspecified atom stereocenters. The van der Waals surface area contributed by atoms with Crippen molar-refractivity contribution < 1.29 is 18.7 Å². The number of carbonyl (C=O) groups is 2. The Balaban J connectivity index is 1.91. The predicted octanol–water partition coefficient (Wildman–Crippen LogP) is 2.08. The Labute approximate surface area is 110 Å². The number of para-hydroxylation sites is 1. The molecular formula is C14H16FNO3. The highest BCUT2D eigenvalue weighted by molar-refractivity contribution is 5.81. The standard InChI is InChI=1S/C14H16FNO3/c15-12-7-3-4-10(8-17)14(12)19-9-13(18)16-11-5-1-2-6-11/h3-4,7-8,11H,1-2,5-6,9H2,(H,16,18). The lowest BCUT2D eigenvalue weighted by Gasteiger charge is -2.13. The summed E-state index contributed by atoms with van der Waals surface area (Å²) in [6, 6.07) is 4.25. The Morgan fingerprint density at radius 1 is 1.42 bits per heavy atom. The van der Waals surface area contributed by atoms with E-state index in [4.69, 9.17) is 4.74 Å². The summed E-state index contributed by atoms with van der Waals surface area (Å²) < 4.78 is 18.6. The van der Waals surface area contributed by atoms with Crippen LogP contribution < -0.4 is 10.1 Å². The number of halogens is 1. The molecule has 0 bridgehead atoms. The van der Waals surface area contributed by atoms with Crippen molar-refractivity contribution in [1.82, 2.24) is 5.32 Å². The minimum atomic E-state index is -0.640. The average molecular weight is 265 g/mol. The number of hydrogen-bond acceptors (Lipinski definition) is 3. The highest BCUT2D eigenvalue weighted by atomic mass is 19.1. The van der Waals surface area contributed by atoms with Gasteiger partial charge in [-0.1, -0.05) is 18.9 Å². The van der Waals surface area contributed by atoms with Crippen LogP contribution in [-0.2, 0) is 4.79 Å². The molecule has 102 valence electrons. The smallest absolute Gasteiger partial charge is 0.258 e. The molecular weight excluding hydrogens is 249 g/mol. The molecule has 1 fully saturated rings. The lowest BCUT2D eigenvalue weighted by molar-refractivity contribution is -0.123. The maximum absolute atomic E-state index is 13.5. The van der Waals surface area contributed by atoms with E-state index in [9.17, 15) is 14.0 Å². The van der Waals surface area contributed by atoms with Gasteiger partial charge in [-0.05, 0) is 25.0 Å². The van der Waals surface area contributed by atoms with Gasteiger partial charge in [0.15, 0.2) is 24.5 Å². The number of nitrogens with one attached hydrogen (secondary N) is 1. The zero-order valence-electron chi connectivity index (χ0n) is 10.5. The molecule has 0 spiro atoms. The van der Waals surface area contributed by atoms with Crippen molar-refractivity contribution in [2.75, 3.05) is 6.61 Å². The van der Waals surface area contributed by atoms with Gasteiger partial charge < -0.3 is 10.1 Å². The van der Waals surface area contributed by atoms with E-state index >= 15 is 0 Å². The maximum Gasteiger partial charge on any atom is 0.258 e. The van der Waals surface area contributed by atoms with Gasteiger partial charge in [0, 0.05) is 6.04 Å². The molecule has 1 aliphatic carbocycles. The SMILES string of the molecule is O=Cc1cccc(F)c1OCC(=O)NC1CCCC1. The van der Waals surface area contributed by atoms with Crippen molar-refractivity contribution in [3.05, 3.63) is 29.6 Å². The first-order chi connectivity index (χ1) is 9.20. The third kappa shape index (κ3) is 3.53. The number of benzene rings is 1. The Kier molecular flexibility index (Phi) is 4.49. The minimum Gasteiger partial charge on any atom is -0.480 e.